The number of amides is 1. The molecule has 1 heterocycles. The second kappa shape index (κ2) is 9.15. The summed E-state index contributed by atoms with van der Waals surface area (Å²) in [6.45, 7) is 1.98. The van der Waals surface area contributed by atoms with Crippen molar-refractivity contribution in [2.24, 2.45) is 0 Å². The zero-order valence-corrected chi connectivity index (χ0v) is 17.1. The van der Waals surface area contributed by atoms with E-state index in [4.69, 9.17) is 0 Å². The number of carbonyl (C=O) groups is 1. The molecule has 9 heteroatoms. The molecule has 3 rings (SSSR count). The van der Waals surface area contributed by atoms with E-state index in [-0.39, 0.29) is 23.5 Å². The summed E-state index contributed by atoms with van der Waals surface area (Å²) in [5, 5.41) is 11.7. The normalized spacial score (nSPS) is 12.2. The molecule has 0 aliphatic heterocycles. The summed E-state index contributed by atoms with van der Waals surface area (Å²) in [5.41, 5.74) is 1.09. The van der Waals surface area contributed by atoms with Gasteiger partial charge in [-0.25, -0.2) is 8.78 Å². The fourth-order valence-electron chi connectivity index (χ4n) is 2.60. The molecule has 0 aliphatic rings. The summed E-state index contributed by atoms with van der Waals surface area (Å²) < 4.78 is 28.5. The van der Waals surface area contributed by atoms with E-state index in [1.165, 1.54) is 42.1 Å². The van der Waals surface area contributed by atoms with Gasteiger partial charge < -0.3 is 5.32 Å². The average molecular weight is 417 g/mol. The lowest BCUT2D eigenvalue weighted by Gasteiger charge is -2.20. The Hall–Kier alpha value is -2.78. The van der Waals surface area contributed by atoms with Gasteiger partial charge in [-0.05, 0) is 63.5 Å². The van der Waals surface area contributed by atoms with Crippen LogP contribution in [0, 0.1) is 11.6 Å². The fourth-order valence-corrected chi connectivity index (χ4v) is 3.36. The highest BCUT2D eigenvalue weighted by molar-refractivity contribution is 7.99. The molecule has 6 nitrogen and oxygen atoms in total. The van der Waals surface area contributed by atoms with Crippen molar-refractivity contribution in [1.82, 2.24) is 19.7 Å². The third kappa shape index (κ3) is 5.18. The molecule has 29 heavy (non-hydrogen) atoms. The number of aromatic nitrogens is 3. The standard InChI is InChI=1S/C20H21F2N5OS/c1-13(26(2)3)19-24-25-20(27(19)17-9-7-14(21)8-10-17)29-12-18(28)23-16-6-4-5-15(22)11-16/h4-11,13H,12H2,1-3H3,(H,23,28)/t13-/m0/s1. The molecular formula is C20H21F2N5OS. The van der Waals surface area contributed by atoms with Crippen LogP contribution in [0.15, 0.2) is 53.7 Å². The van der Waals surface area contributed by atoms with Gasteiger partial charge in [0, 0.05) is 11.4 Å². The van der Waals surface area contributed by atoms with E-state index in [2.05, 4.69) is 15.5 Å². The molecule has 1 amide bonds. The molecule has 0 bridgehead atoms. The number of hydrogen-bond acceptors (Lipinski definition) is 5. The van der Waals surface area contributed by atoms with Crippen LogP contribution in [-0.4, -0.2) is 45.4 Å². The molecule has 0 unspecified atom stereocenters. The Balaban J connectivity index is 1.81. The maximum absolute atomic E-state index is 13.4. The SMILES string of the molecule is C[C@@H](c1nnc(SCC(=O)Nc2cccc(F)c2)n1-c1ccc(F)cc1)N(C)C. The maximum atomic E-state index is 13.4. The van der Waals surface area contributed by atoms with E-state index >= 15 is 0 Å². The third-order valence-electron chi connectivity index (χ3n) is 4.33. The van der Waals surface area contributed by atoms with Crippen LogP contribution in [0.25, 0.3) is 5.69 Å². The number of rotatable bonds is 7. The summed E-state index contributed by atoms with van der Waals surface area (Å²) >= 11 is 1.20. The molecule has 0 fully saturated rings. The summed E-state index contributed by atoms with van der Waals surface area (Å²) in [6.07, 6.45) is 0. The Kier molecular flexibility index (Phi) is 6.60. The molecule has 1 N–H and O–H groups in total. The van der Waals surface area contributed by atoms with Gasteiger partial charge in [0.15, 0.2) is 11.0 Å². The highest BCUT2D eigenvalue weighted by Gasteiger charge is 2.21. The molecule has 0 spiro atoms. The molecule has 152 valence electrons. The van der Waals surface area contributed by atoms with Crippen molar-refractivity contribution >= 4 is 23.4 Å². The first-order valence-corrected chi connectivity index (χ1v) is 9.89. The smallest absolute Gasteiger partial charge is 0.234 e. The molecule has 0 aliphatic carbocycles. The minimum atomic E-state index is -0.422. The van der Waals surface area contributed by atoms with Crippen molar-refractivity contribution in [3.8, 4) is 5.69 Å². The lowest BCUT2D eigenvalue weighted by Crippen LogP contribution is -2.21. The van der Waals surface area contributed by atoms with Gasteiger partial charge in [-0.2, -0.15) is 0 Å². The monoisotopic (exact) mass is 417 g/mol. The van der Waals surface area contributed by atoms with Gasteiger partial charge >= 0.3 is 0 Å². The van der Waals surface area contributed by atoms with E-state index in [0.717, 1.165) is 0 Å². The average Bonchev–Trinajstić information content (AvgIpc) is 3.10. The predicted molar refractivity (Wildman–Crippen MR) is 109 cm³/mol. The van der Waals surface area contributed by atoms with Gasteiger partial charge in [-0.1, -0.05) is 17.8 Å². The Bertz CT molecular complexity index is 991. The van der Waals surface area contributed by atoms with Crippen molar-refractivity contribution < 1.29 is 13.6 Å². The molecule has 2 aromatic carbocycles. The molecule has 0 saturated carbocycles. The summed E-state index contributed by atoms with van der Waals surface area (Å²) in [5.74, 6) is -0.320. The number of carbonyl (C=O) groups excluding carboxylic acids is 1. The first-order chi connectivity index (χ1) is 13.8. The number of nitrogens with zero attached hydrogens (tertiary/aromatic N) is 4. The molecule has 0 radical (unpaired) electrons. The quantitative estimate of drug-likeness (QED) is 0.591. The van der Waals surface area contributed by atoms with Gasteiger partial charge in [0.2, 0.25) is 5.91 Å². The second-order valence-corrected chi connectivity index (χ2v) is 7.58. The number of hydrogen-bond donors (Lipinski definition) is 1. The van der Waals surface area contributed by atoms with E-state index in [1.807, 2.05) is 30.5 Å². The molecular weight excluding hydrogens is 396 g/mol. The van der Waals surface area contributed by atoms with Gasteiger partial charge in [0.25, 0.3) is 0 Å². The summed E-state index contributed by atoms with van der Waals surface area (Å²) in [4.78, 5) is 14.3. The Morgan fingerprint density at radius 2 is 1.86 bits per heavy atom. The number of nitrogens with one attached hydrogen (secondary N) is 1. The Labute approximate surface area is 171 Å². The molecule has 0 saturated heterocycles. The highest BCUT2D eigenvalue weighted by atomic mass is 32.2. The first-order valence-electron chi connectivity index (χ1n) is 8.91. The van der Waals surface area contributed by atoms with Crippen LogP contribution in [0.2, 0.25) is 0 Å². The molecule has 3 aromatic rings. The van der Waals surface area contributed by atoms with Gasteiger partial charge in [-0.3, -0.25) is 14.3 Å². The van der Waals surface area contributed by atoms with Crippen LogP contribution >= 0.6 is 11.8 Å². The lowest BCUT2D eigenvalue weighted by molar-refractivity contribution is -0.113. The van der Waals surface area contributed by atoms with Crippen molar-refractivity contribution in [3.05, 3.63) is 66.0 Å². The van der Waals surface area contributed by atoms with Gasteiger partial charge in [-0.15, -0.1) is 10.2 Å². The van der Waals surface area contributed by atoms with Crippen LogP contribution < -0.4 is 5.32 Å². The van der Waals surface area contributed by atoms with Crippen molar-refractivity contribution in [2.75, 3.05) is 25.2 Å². The zero-order valence-electron chi connectivity index (χ0n) is 16.3. The summed E-state index contributed by atoms with van der Waals surface area (Å²) in [7, 11) is 3.85. The zero-order chi connectivity index (χ0) is 21.0. The largest absolute Gasteiger partial charge is 0.325 e. The van der Waals surface area contributed by atoms with Crippen molar-refractivity contribution in [2.45, 2.75) is 18.1 Å². The minimum absolute atomic E-state index is 0.0528. The van der Waals surface area contributed by atoms with E-state index in [0.29, 0.717) is 22.4 Å². The second-order valence-electron chi connectivity index (χ2n) is 6.64. The topological polar surface area (TPSA) is 63.1 Å². The highest BCUT2D eigenvalue weighted by Crippen LogP contribution is 2.27. The first kappa shape index (κ1) is 20.9. The number of benzene rings is 2. The van der Waals surface area contributed by atoms with Crippen LogP contribution in [0.3, 0.4) is 0 Å². The van der Waals surface area contributed by atoms with E-state index < -0.39 is 5.82 Å². The number of anilines is 1. The fraction of sp³-hybridized carbons (Fsp3) is 0.250. The van der Waals surface area contributed by atoms with Crippen LogP contribution in [0.5, 0.6) is 0 Å². The van der Waals surface area contributed by atoms with Crippen LogP contribution in [0.1, 0.15) is 18.8 Å². The maximum Gasteiger partial charge on any atom is 0.234 e. The predicted octanol–water partition coefficient (Wildman–Crippen LogP) is 3.90. The van der Waals surface area contributed by atoms with Gasteiger partial charge in [0.05, 0.1) is 11.8 Å². The Morgan fingerprint density at radius 1 is 1.14 bits per heavy atom. The van der Waals surface area contributed by atoms with Crippen LogP contribution in [0.4, 0.5) is 14.5 Å². The van der Waals surface area contributed by atoms with E-state index in [9.17, 15) is 13.6 Å². The van der Waals surface area contributed by atoms with Crippen molar-refractivity contribution in [1.29, 1.82) is 0 Å². The molecule has 1 atom stereocenters. The minimum Gasteiger partial charge on any atom is -0.325 e. The van der Waals surface area contributed by atoms with Gasteiger partial charge in [0.1, 0.15) is 11.6 Å². The van der Waals surface area contributed by atoms with E-state index in [1.54, 1.807) is 18.2 Å². The number of thioether (sulfide) groups is 1. The summed E-state index contributed by atoms with van der Waals surface area (Å²) in [6, 6.07) is 11.7. The Morgan fingerprint density at radius 3 is 2.52 bits per heavy atom. The third-order valence-corrected chi connectivity index (χ3v) is 5.26. The molecule has 1 aromatic heterocycles. The lowest BCUT2D eigenvalue weighted by atomic mass is 10.2. The number of halogens is 2. The van der Waals surface area contributed by atoms with Crippen molar-refractivity contribution in [3.63, 3.8) is 0 Å². The van der Waals surface area contributed by atoms with Crippen LogP contribution in [-0.2, 0) is 4.79 Å².